The van der Waals surface area contributed by atoms with E-state index in [0.29, 0.717) is 5.92 Å². The highest BCUT2D eigenvalue weighted by atomic mass is 16.5. The molecule has 6 nitrogen and oxygen atoms in total. The van der Waals surface area contributed by atoms with Gasteiger partial charge in [0, 0.05) is 43.7 Å². The van der Waals surface area contributed by atoms with Gasteiger partial charge in [-0.3, -0.25) is 9.88 Å². The number of pyridine rings is 1. The quantitative estimate of drug-likeness (QED) is 0.729. The molecule has 1 aliphatic heterocycles. The van der Waals surface area contributed by atoms with Crippen LogP contribution in [0.3, 0.4) is 0 Å². The van der Waals surface area contributed by atoms with Crippen molar-refractivity contribution in [3.8, 4) is 11.3 Å². The Balaban J connectivity index is 1.56. The van der Waals surface area contributed by atoms with Crippen molar-refractivity contribution < 1.29 is 4.52 Å². The zero-order valence-electron chi connectivity index (χ0n) is 14.3. The Morgan fingerprint density at radius 2 is 2.24 bits per heavy atom. The topological polar surface area (TPSA) is 67.9 Å². The Kier molecular flexibility index (Phi) is 4.52. The van der Waals surface area contributed by atoms with E-state index in [0.717, 1.165) is 55.2 Å². The first-order valence-corrected chi connectivity index (χ1v) is 8.64. The van der Waals surface area contributed by atoms with Crippen LogP contribution in [-0.4, -0.2) is 38.1 Å². The van der Waals surface area contributed by atoms with Gasteiger partial charge >= 0.3 is 0 Å². The largest absolute Gasteiger partial charge is 0.356 e. The van der Waals surface area contributed by atoms with E-state index in [-0.39, 0.29) is 0 Å². The van der Waals surface area contributed by atoms with Gasteiger partial charge in [0.2, 0.25) is 0 Å². The van der Waals surface area contributed by atoms with Gasteiger partial charge in [0.05, 0.1) is 17.0 Å². The van der Waals surface area contributed by atoms with Crippen molar-refractivity contribution >= 4 is 0 Å². The minimum atomic E-state index is 0.369. The summed E-state index contributed by atoms with van der Waals surface area (Å²) in [4.78, 5) is 15.5. The predicted molar refractivity (Wildman–Crippen MR) is 93.8 cm³/mol. The van der Waals surface area contributed by atoms with Crippen LogP contribution < -0.4 is 0 Å². The lowest BCUT2D eigenvalue weighted by molar-refractivity contribution is 0.198. The molecule has 0 N–H and O–H groups in total. The number of aromatic nitrogens is 4. The second-order valence-corrected chi connectivity index (χ2v) is 6.59. The Morgan fingerprint density at radius 1 is 1.28 bits per heavy atom. The van der Waals surface area contributed by atoms with Crippen molar-refractivity contribution in [2.45, 2.75) is 32.2 Å². The van der Waals surface area contributed by atoms with E-state index in [2.05, 4.69) is 31.1 Å². The fourth-order valence-electron chi connectivity index (χ4n) is 3.52. The molecular weight excluding hydrogens is 314 g/mol. The summed E-state index contributed by atoms with van der Waals surface area (Å²) in [7, 11) is 0. The molecule has 0 spiro atoms. The van der Waals surface area contributed by atoms with E-state index >= 15 is 0 Å². The third kappa shape index (κ3) is 3.58. The highest BCUT2D eigenvalue weighted by molar-refractivity contribution is 5.60. The lowest BCUT2D eigenvalue weighted by atomic mass is 9.91. The van der Waals surface area contributed by atoms with E-state index in [4.69, 9.17) is 4.52 Å². The molecule has 3 aromatic rings. The first-order chi connectivity index (χ1) is 12.3. The second kappa shape index (κ2) is 7.11. The number of piperidine rings is 1. The maximum atomic E-state index is 5.45. The van der Waals surface area contributed by atoms with Crippen LogP contribution in [0.2, 0.25) is 0 Å². The van der Waals surface area contributed by atoms with E-state index in [1.807, 2.05) is 37.6 Å². The van der Waals surface area contributed by atoms with Crippen LogP contribution in [0.4, 0.5) is 0 Å². The zero-order valence-corrected chi connectivity index (χ0v) is 14.3. The molecule has 0 amide bonds. The molecular formula is C19H21N5O. The summed E-state index contributed by atoms with van der Waals surface area (Å²) in [6.07, 6.45) is 9.50. The number of nitrogens with zero attached hydrogens (tertiary/aromatic N) is 5. The van der Waals surface area contributed by atoms with Crippen molar-refractivity contribution in [3.63, 3.8) is 0 Å². The van der Waals surface area contributed by atoms with Gasteiger partial charge < -0.3 is 4.52 Å². The molecule has 1 atom stereocenters. The Bertz CT molecular complexity index is 833. The summed E-state index contributed by atoms with van der Waals surface area (Å²) in [5.74, 6) is 1.12. The van der Waals surface area contributed by atoms with E-state index < -0.39 is 0 Å². The van der Waals surface area contributed by atoms with Gasteiger partial charge in [-0.1, -0.05) is 11.2 Å². The molecule has 6 heteroatoms. The normalized spacial score (nSPS) is 18.4. The minimum Gasteiger partial charge on any atom is -0.356 e. The maximum Gasteiger partial charge on any atom is 0.170 e. The van der Waals surface area contributed by atoms with Crippen LogP contribution in [-0.2, 0) is 6.54 Å². The molecule has 1 aliphatic rings. The first kappa shape index (κ1) is 15.9. The van der Waals surface area contributed by atoms with Gasteiger partial charge in [0.15, 0.2) is 5.76 Å². The summed E-state index contributed by atoms with van der Waals surface area (Å²) in [5.41, 5.74) is 4.13. The lowest BCUT2D eigenvalue weighted by Crippen LogP contribution is -2.34. The van der Waals surface area contributed by atoms with Crippen LogP contribution in [0.5, 0.6) is 0 Å². The molecule has 0 aromatic carbocycles. The van der Waals surface area contributed by atoms with Gasteiger partial charge in [-0.15, -0.1) is 0 Å². The van der Waals surface area contributed by atoms with Crippen LogP contribution in [0, 0.1) is 6.92 Å². The van der Waals surface area contributed by atoms with Gasteiger partial charge in [-0.25, -0.2) is 9.97 Å². The van der Waals surface area contributed by atoms with Gasteiger partial charge in [0.1, 0.15) is 6.33 Å². The summed E-state index contributed by atoms with van der Waals surface area (Å²) in [6, 6.07) is 6.06. The summed E-state index contributed by atoms with van der Waals surface area (Å²) < 4.78 is 5.45. The van der Waals surface area contributed by atoms with Crippen LogP contribution in [0.1, 0.15) is 35.7 Å². The molecule has 0 radical (unpaired) electrons. The second-order valence-electron chi connectivity index (χ2n) is 6.59. The third-order valence-corrected chi connectivity index (χ3v) is 4.66. The van der Waals surface area contributed by atoms with Crippen LogP contribution in [0.25, 0.3) is 11.3 Å². The average molecular weight is 335 g/mol. The fourth-order valence-corrected chi connectivity index (χ4v) is 3.52. The van der Waals surface area contributed by atoms with Crippen molar-refractivity contribution in [1.29, 1.82) is 0 Å². The SMILES string of the molecule is Cc1cc(-c2cncnc2C2CCCN(Cc3cccnc3)C2)on1. The minimum absolute atomic E-state index is 0.369. The molecule has 4 rings (SSSR count). The highest BCUT2D eigenvalue weighted by Crippen LogP contribution is 2.33. The zero-order chi connectivity index (χ0) is 17.1. The molecule has 128 valence electrons. The van der Waals surface area contributed by atoms with Gasteiger partial charge in [-0.05, 0) is 37.9 Å². The Labute approximate surface area is 146 Å². The van der Waals surface area contributed by atoms with Gasteiger partial charge in [-0.2, -0.15) is 0 Å². The molecule has 1 fully saturated rings. The monoisotopic (exact) mass is 335 g/mol. The van der Waals surface area contributed by atoms with Crippen LogP contribution >= 0.6 is 0 Å². The van der Waals surface area contributed by atoms with Crippen molar-refractivity contribution in [2.75, 3.05) is 13.1 Å². The van der Waals surface area contributed by atoms with E-state index in [1.54, 1.807) is 6.33 Å². The van der Waals surface area contributed by atoms with Crippen LogP contribution in [0.15, 0.2) is 47.6 Å². The van der Waals surface area contributed by atoms with Crippen molar-refractivity contribution in [1.82, 2.24) is 25.0 Å². The molecule has 3 aromatic heterocycles. The number of aryl methyl sites for hydroxylation is 1. The highest BCUT2D eigenvalue weighted by Gasteiger charge is 2.26. The van der Waals surface area contributed by atoms with E-state index in [9.17, 15) is 0 Å². The van der Waals surface area contributed by atoms with Crippen molar-refractivity contribution in [3.05, 3.63) is 60.1 Å². The Morgan fingerprint density at radius 3 is 3.04 bits per heavy atom. The smallest absolute Gasteiger partial charge is 0.170 e. The average Bonchev–Trinajstić information content (AvgIpc) is 3.09. The predicted octanol–water partition coefficient (Wildman–Crippen LogP) is 3.21. The summed E-state index contributed by atoms with van der Waals surface area (Å²) in [5, 5.41) is 4.00. The molecule has 0 saturated carbocycles. The van der Waals surface area contributed by atoms with Gasteiger partial charge in [0.25, 0.3) is 0 Å². The fraction of sp³-hybridized carbons (Fsp3) is 0.368. The molecule has 4 heterocycles. The third-order valence-electron chi connectivity index (χ3n) is 4.66. The summed E-state index contributed by atoms with van der Waals surface area (Å²) >= 11 is 0. The number of hydrogen-bond acceptors (Lipinski definition) is 6. The number of hydrogen-bond donors (Lipinski definition) is 0. The van der Waals surface area contributed by atoms with Crippen molar-refractivity contribution in [2.24, 2.45) is 0 Å². The number of likely N-dealkylation sites (tertiary alicyclic amines) is 1. The summed E-state index contributed by atoms with van der Waals surface area (Å²) in [6.45, 7) is 4.93. The maximum absolute atomic E-state index is 5.45. The first-order valence-electron chi connectivity index (χ1n) is 8.64. The molecule has 1 saturated heterocycles. The van der Waals surface area contributed by atoms with E-state index in [1.165, 1.54) is 5.56 Å². The molecule has 0 aliphatic carbocycles. The number of rotatable bonds is 4. The lowest BCUT2D eigenvalue weighted by Gasteiger charge is -2.32. The molecule has 1 unspecified atom stereocenters. The molecule has 25 heavy (non-hydrogen) atoms. The Hall–Kier alpha value is -2.60. The standard InChI is InChI=1S/C19H21N5O/c1-14-8-18(25-23-14)17-10-21-13-22-19(17)16-5-3-7-24(12-16)11-15-4-2-6-20-9-15/h2,4,6,8-10,13,16H,3,5,7,11-12H2,1H3. The molecule has 0 bridgehead atoms.